The van der Waals surface area contributed by atoms with Crippen LogP contribution in [0.3, 0.4) is 0 Å². The van der Waals surface area contributed by atoms with E-state index in [0.717, 1.165) is 10.0 Å². The van der Waals surface area contributed by atoms with E-state index >= 15 is 0 Å². The van der Waals surface area contributed by atoms with E-state index in [0.29, 0.717) is 22.7 Å². The van der Waals surface area contributed by atoms with Crippen LogP contribution in [0.1, 0.15) is 17.5 Å². The number of nitrogens with one attached hydrogen (secondary N) is 1. The van der Waals surface area contributed by atoms with Gasteiger partial charge >= 0.3 is 0 Å². The van der Waals surface area contributed by atoms with Gasteiger partial charge in [0.15, 0.2) is 22.9 Å². The lowest BCUT2D eigenvalue weighted by Gasteiger charge is -2.19. The third-order valence-corrected chi connectivity index (χ3v) is 4.83. The van der Waals surface area contributed by atoms with E-state index in [4.69, 9.17) is 9.47 Å². The Kier molecular flexibility index (Phi) is 4.05. The molecule has 0 radical (unpaired) electrons. The van der Waals surface area contributed by atoms with Crippen LogP contribution < -0.4 is 14.8 Å². The normalized spacial score (nSPS) is 20.3. The van der Waals surface area contributed by atoms with Gasteiger partial charge in [-0.25, -0.2) is 0 Å². The zero-order valence-electron chi connectivity index (χ0n) is 13.5. The number of anilines is 1. The molecule has 0 spiro atoms. The van der Waals surface area contributed by atoms with Crippen molar-refractivity contribution >= 4 is 39.4 Å². The number of halogens is 1. The monoisotopic (exact) mass is 415 g/mol. The van der Waals surface area contributed by atoms with E-state index < -0.39 is 11.5 Å². The van der Waals surface area contributed by atoms with Crippen molar-refractivity contribution in [3.63, 3.8) is 0 Å². The van der Waals surface area contributed by atoms with Crippen LogP contribution in [0.5, 0.6) is 11.5 Å². The number of hydrogen-bond donors (Lipinski definition) is 2. The van der Waals surface area contributed by atoms with Gasteiger partial charge in [-0.05, 0) is 42.0 Å². The smallest absolute Gasteiger partial charge is 0.261 e. The maximum Gasteiger partial charge on any atom is 0.261 e. The van der Waals surface area contributed by atoms with Crippen LogP contribution in [-0.4, -0.2) is 23.6 Å². The van der Waals surface area contributed by atoms with Crippen molar-refractivity contribution in [3.8, 4) is 11.5 Å². The number of amides is 1. The van der Waals surface area contributed by atoms with Crippen molar-refractivity contribution in [3.05, 3.63) is 58.1 Å². The second kappa shape index (κ2) is 6.26. The van der Waals surface area contributed by atoms with E-state index in [-0.39, 0.29) is 19.0 Å². The van der Waals surface area contributed by atoms with Gasteiger partial charge in [0.05, 0.1) is 6.42 Å². The van der Waals surface area contributed by atoms with Crippen LogP contribution in [0, 0.1) is 0 Å². The second-order valence-corrected chi connectivity index (χ2v) is 7.01. The number of rotatable bonds is 4. The lowest BCUT2D eigenvalue weighted by molar-refractivity contribution is -0.138. The van der Waals surface area contributed by atoms with Gasteiger partial charge in [-0.3, -0.25) is 9.59 Å². The third kappa shape index (κ3) is 2.89. The van der Waals surface area contributed by atoms with Crippen molar-refractivity contribution in [2.24, 2.45) is 0 Å². The average molecular weight is 416 g/mol. The SMILES string of the molecule is O=C(/C=C\c1ccc2c(c1)OCO2)C[C@@]1(O)C(=O)Nc2ccc(Br)cc21. The molecule has 26 heavy (non-hydrogen) atoms. The number of ether oxygens (including phenoxy) is 2. The van der Waals surface area contributed by atoms with Crippen LogP contribution >= 0.6 is 15.9 Å². The molecular formula is C19H14BrNO5. The third-order valence-electron chi connectivity index (χ3n) is 4.34. The summed E-state index contributed by atoms with van der Waals surface area (Å²) >= 11 is 3.32. The fourth-order valence-electron chi connectivity index (χ4n) is 3.01. The van der Waals surface area contributed by atoms with Crippen molar-refractivity contribution in [1.29, 1.82) is 0 Å². The molecule has 1 amide bonds. The molecular weight excluding hydrogens is 402 g/mol. The lowest BCUT2D eigenvalue weighted by Crippen LogP contribution is -2.36. The summed E-state index contributed by atoms with van der Waals surface area (Å²) in [7, 11) is 0. The Balaban J connectivity index is 1.53. The van der Waals surface area contributed by atoms with E-state index in [1.807, 2.05) is 0 Å². The van der Waals surface area contributed by atoms with E-state index in [1.54, 1.807) is 42.5 Å². The summed E-state index contributed by atoms with van der Waals surface area (Å²) < 4.78 is 11.3. The minimum atomic E-state index is -1.88. The molecule has 132 valence electrons. The lowest BCUT2D eigenvalue weighted by atomic mass is 9.90. The number of hydrogen-bond acceptors (Lipinski definition) is 5. The molecule has 0 saturated heterocycles. The van der Waals surface area contributed by atoms with Gasteiger partial charge < -0.3 is 19.9 Å². The molecule has 7 heteroatoms. The van der Waals surface area contributed by atoms with Gasteiger partial charge in [0.2, 0.25) is 6.79 Å². The second-order valence-electron chi connectivity index (χ2n) is 6.09. The Morgan fingerprint density at radius 1 is 1.23 bits per heavy atom. The van der Waals surface area contributed by atoms with Gasteiger partial charge in [-0.2, -0.15) is 0 Å². The van der Waals surface area contributed by atoms with Crippen LogP contribution in [0.2, 0.25) is 0 Å². The van der Waals surface area contributed by atoms with Gasteiger partial charge in [0.1, 0.15) is 0 Å². The zero-order chi connectivity index (χ0) is 18.3. The molecule has 2 N–H and O–H groups in total. The predicted molar refractivity (Wildman–Crippen MR) is 97.9 cm³/mol. The fraction of sp³-hybridized carbons (Fsp3) is 0.158. The molecule has 0 fully saturated rings. The average Bonchev–Trinajstić information content (AvgIpc) is 3.17. The predicted octanol–water partition coefficient (Wildman–Crippen LogP) is 2.99. The van der Waals surface area contributed by atoms with Crippen LogP contribution in [0.4, 0.5) is 5.69 Å². The molecule has 2 aromatic rings. The van der Waals surface area contributed by atoms with E-state index in [1.165, 1.54) is 6.08 Å². The first-order valence-corrected chi connectivity index (χ1v) is 8.69. The quantitative estimate of drug-likeness (QED) is 0.749. The maximum absolute atomic E-state index is 12.4. The highest BCUT2D eigenvalue weighted by Crippen LogP contribution is 2.40. The Bertz CT molecular complexity index is 955. The first-order chi connectivity index (χ1) is 12.5. The van der Waals surface area contributed by atoms with E-state index in [9.17, 15) is 14.7 Å². The van der Waals surface area contributed by atoms with Crippen molar-refractivity contribution in [1.82, 2.24) is 0 Å². The van der Waals surface area contributed by atoms with Crippen LogP contribution in [0.15, 0.2) is 46.9 Å². The molecule has 0 unspecified atom stereocenters. The number of ketones is 1. The van der Waals surface area contributed by atoms with Gasteiger partial charge in [0.25, 0.3) is 5.91 Å². The van der Waals surface area contributed by atoms with Gasteiger partial charge in [-0.15, -0.1) is 0 Å². The molecule has 0 saturated carbocycles. The number of allylic oxidation sites excluding steroid dienone is 1. The minimum Gasteiger partial charge on any atom is -0.454 e. The molecule has 1 atom stereocenters. The van der Waals surface area contributed by atoms with Crippen molar-refractivity contribution < 1.29 is 24.2 Å². The van der Waals surface area contributed by atoms with Gasteiger partial charge in [-0.1, -0.05) is 28.1 Å². The number of aliphatic hydroxyl groups is 1. The topological polar surface area (TPSA) is 84.9 Å². The molecule has 4 rings (SSSR count). The van der Waals surface area contributed by atoms with Crippen molar-refractivity contribution in [2.45, 2.75) is 12.0 Å². The number of benzene rings is 2. The van der Waals surface area contributed by atoms with Crippen LogP contribution in [-0.2, 0) is 15.2 Å². The zero-order valence-corrected chi connectivity index (χ0v) is 15.1. The number of carbonyl (C=O) groups is 2. The molecule has 0 aromatic heterocycles. The molecule has 2 heterocycles. The minimum absolute atomic E-state index is 0.179. The fourth-order valence-corrected chi connectivity index (χ4v) is 3.37. The Morgan fingerprint density at radius 2 is 2.04 bits per heavy atom. The highest BCUT2D eigenvalue weighted by Gasteiger charge is 2.46. The van der Waals surface area contributed by atoms with Crippen LogP contribution in [0.25, 0.3) is 6.08 Å². The summed E-state index contributed by atoms with van der Waals surface area (Å²) in [6.07, 6.45) is 2.62. The molecule has 0 aliphatic carbocycles. The standard InChI is InChI=1S/C19H14BrNO5/c20-12-3-5-15-14(8-12)19(24,18(23)21-15)9-13(22)4-1-11-2-6-16-17(7-11)26-10-25-16/h1-8,24H,9-10H2,(H,21,23)/b4-1-/t19-/m0/s1. The molecule has 2 aromatic carbocycles. The number of fused-ring (bicyclic) bond motifs is 2. The summed E-state index contributed by atoms with van der Waals surface area (Å²) in [6, 6.07) is 10.4. The molecule has 6 nitrogen and oxygen atoms in total. The summed E-state index contributed by atoms with van der Waals surface area (Å²) in [5.74, 6) is 0.309. The molecule has 2 aliphatic heterocycles. The summed E-state index contributed by atoms with van der Waals surface area (Å²) in [5.41, 5.74) is -0.223. The summed E-state index contributed by atoms with van der Waals surface area (Å²) in [4.78, 5) is 24.6. The molecule has 0 bridgehead atoms. The first-order valence-electron chi connectivity index (χ1n) is 7.90. The Hall–Kier alpha value is -2.64. The molecule has 2 aliphatic rings. The van der Waals surface area contributed by atoms with Gasteiger partial charge in [0, 0.05) is 15.7 Å². The van der Waals surface area contributed by atoms with Crippen molar-refractivity contribution in [2.75, 3.05) is 12.1 Å². The Morgan fingerprint density at radius 3 is 2.88 bits per heavy atom. The first kappa shape index (κ1) is 16.8. The highest BCUT2D eigenvalue weighted by atomic mass is 79.9. The summed E-state index contributed by atoms with van der Waals surface area (Å²) in [5, 5.41) is 13.4. The maximum atomic E-state index is 12.4. The van der Waals surface area contributed by atoms with E-state index in [2.05, 4.69) is 21.2 Å². The Labute approximate surface area is 157 Å². The number of carbonyl (C=O) groups excluding carboxylic acids is 2. The summed E-state index contributed by atoms with van der Waals surface area (Å²) in [6.45, 7) is 0.179. The largest absolute Gasteiger partial charge is 0.454 e. The highest BCUT2D eigenvalue weighted by molar-refractivity contribution is 9.10.